The molecule has 1 amide bonds. The fourth-order valence-electron chi connectivity index (χ4n) is 0.958. The first kappa shape index (κ1) is 8.39. The van der Waals surface area contributed by atoms with Gasteiger partial charge in [-0.25, -0.2) is 0 Å². The molecule has 4 nitrogen and oxygen atoms in total. The highest BCUT2D eigenvalue weighted by Gasteiger charge is 2.30. The topological polar surface area (TPSA) is 52.9 Å². The molecule has 0 bridgehead atoms. The van der Waals surface area contributed by atoms with E-state index in [0.717, 1.165) is 0 Å². The lowest BCUT2D eigenvalue weighted by Gasteiger charge is -2.18. The highest BCUT2D eigenvalue weighted by atomic mass is 32.2. The molecule has 5 heteroatoms. The van der Waals surface area contributed by atoms with Crippen LogP contribution in [0, 0.1) is 0 Å². The van der Waals surface area contributed by atoms with Crippen molar-refractivity contribution in [2.75, 3.05) is 5.75 Å². The summed E-state index contributed by atoms with van der Waals surface area (Å²) in [5.41, 5.74) is 0. The molecule has 0 spiro atoms. The maximum atomic E-state index is 11.1. The average molecular weight is 174 g/mol. The highest BCUT2D eigenvalue weighted by Crippen LogP contribution is 2.20. The summed E-state index contributed by atoms with van der Waals surface area (Å²) in [4.78, 5) is 12.6. The first-order valence-electron chi connectivity index (χ1n) is 3.33. The van der Waals surface area contributed by atoms with E-state index in [1.54, 1.807) is 0 Å². The standard InChI is InChI=1S/C6H10N2O2S/c1-4(2)8-5(9)3-11-6(8)7-10/h4,10H,3H2,1-2H3/b7-6-. The molecule has 1 rings (SSSR count). The van der Waals surface area contributed by atoms with Gasteiger partial charge in [0.25, 0.3) is 0 Å². The Morgan fingerprint density at radius 2 is 2.36 bits per heavy atom. The summed E-state index contributed by atoms with van der Waals surface area (Å²) < 4.78 is 0. The quantitative estimate of drug-likeness (QED) is 0.470. The van der Waals surface area contributed by atoms with Crippen molar-refractivity contribution >= 4 is 22.8 Å². The number of carbonyl (C=O) groups is 1. The minimum Gasteiger partial charge on any atom is -0.409 e. The van der Waals surface area contributed by atoms with Gasteiger partial charge in [-0.05, 0) is 13.8 Å². The Bertz CT molecular complexity index is 203. The lowest BCUT2D eigenvalue weighted by molar-refractivity contribution is -0.125. The van der Waals surface area contributed by atoms with Gasteiger partial charge in [0.15, 0.2) is 0 Å². The number of hydrogen-bond donors (Lipinski definition) is 1. The second-order valence-electron chi connectivity index (χ2n) is 2.53. The molecule has 0 aromatic rings. The normalized spacial score (nSPS) is 22.3. The summed E-state index contributed by atoms with van der Waals surface area (Å²) in [6, 6.07) is 0.0726. The van der Waals surface area contributed by atoms with Crippen LogP contribution in [0.15, 0.2) is 5.16 Å². The monoisotopic (exact) mass is 174 g/mol. The van der Waals surface area contributed by atoms with Crippen molar-refractivity contribution in [2.24, 2.45) is 5.16 Å². The van der Waals surface area contributed by atoms with Gasteiger partial charge in [-0.15, -0.1) is 0 Å². The molecule has 11 heavy (non-hydrogen) atoms. The third-order valence-corrected chi connectivity index (χ3v) is 2.33. The summed E-state index contributed by atoms with van der Waals surface area (Å²) in [5.74, 6) is 0.398. The van der Waals surface area contributed by atoms with Gasteiger partial charge >= 0.3 is 0 Å². The van der Waals surface area contributed by atoms with E-state index in [2.05, 4.69) is 5.16 Å². The Morgan fingerprint density at radius 1 is 1.73 bits per heavy atom. The summed E-state index contributed by atoms with van der Waals surface area (Å²) in [6.07, 6.45) is 0. The fourth-order valence-corrected chi connectivity index (χ4v) is 1.86. The number of amides is 1. The molecule has 0 unspecified atom stereocenters. The van der Waals surface area contributed by atoms with Crippen LogP contribution in [0.4, 0.5) is 0 Å². The molecule has 1 aliphatic rings. The van der Waals surface area contributed by atoms with Crippen molar-refractivity contribution in [1.82, 2.24) is 4.90 Å². The Labute approximate surface area is 69.2 Å². The number of oxime groups is 1. The molecule has 0 aromatic carbocycles. The molecule has 1 heterocycles. The van der Waals surface area contributed by atoms with Crippen LogP contribution >= 0.6 is 11.8 Å². The predicted octanol–water partition coefficient (Wildman–Crippen LogP) is 0.715. The highest BCUT2D eigenvalue weighted by molar-refractivity contribution is 8.15. The molecule has 1 aliphatic heterocycles. The van der Waals surface area contributed by atoms with Crippen LogP contribution < -0.4 is 0 Å². The average Bonchev–Trinajstić information content (AvgIpc) is 2.30. The summed E-state index contributed by atoms with van der Waals surface area (Å²) >= 11 is 1.26. The maximum Gasteiger partial charge on any atom is 0.239 e. The Hall–Kier alpha value is -0.710. The molecule has 0 aromatic heterocycles. The number of amidine groups is 1. The van der Waals surface area contributed by atoms with Gasteiger partial charge in [-0.2, -0.15) is 0 Å². The molecule has 0 atom stereocenters. The lowest BCUT2D eigenvalue weighted by Crippen LogP contribution is -2.35. The number of rotatable bonds is 1. The van der Waals surface area contributed by atoms with Gasteiger partial charge in [0.1, 0.15) is 0 Å². The summed E-state index contributed by atoms with van der Waals surface area (Å²) in [5, 5.41) is 11.9. The van der Waals surface area contributed by atoms with Gasteiger partial charge in [0.2, 0.25) is 11.1 Å². The zero-order valence-electron chi connectivity index (χ0n) is 6.44. The molecule has 62 valence electrons. The van der Waals surface area contributed by atoms with E-state index in [1.165, 1.54) is 16.7 Å². The molecular weight excluding hydrogens is 164 g/mol. The number of carbonyl (C=O) groups excluding carboxylic acids is 1. The van der Waals surface area contributed by atoms with Crippen molar-refractivity contribution in [2.45, 2.75) is 19.9 Å². The zero-order valence-corrected chi connectivity index (χ0v) is 7.26. The second-order valence-corrected chi connectivity index (χ2v) is 3.47. The summed E-state index contributed by atoms with van der Waals surface area (Å²) in [6.45, 7) is 3.77. The van der Waals surface area contributed by atoms with E-state index in [1.807, 2.05) is 13.8 Å². The molecule has 1 fully saturated rings. The van der Waals surface area contributed by atoms with Crippen molar-refractivity contribution < 1.29 is 10.0 Å². The Morgan fingerprint density at radius 3 is 2.73 bits per heavy atom. The van der Waals surface area contributed by atoms with Crippen molar-refractivity contribution in [3.05, 3.63) is 0 Å². The van der Waals surface area contributed by atoms with E-state index in [0.29, 0.717) is 10.9 Å². The van der Waals surface area contributed by atoms with Crippen molar-refractivity contribution in [1.29, 1.82) is 0 Å². The minimum atomic E-state index is 0.0119. The third-order valence-electron chi connectivity index (χ3n) is 1.40. The summed E-state index contributed by atoms with van der Waals surface area (Å²) in [7, 11) is 0. The first-order valence-corrected chi connectivity index (χ1v) is 4.32. The number of hydrogen-bond acceptors (Lipinski definition) is 4. The number of thioether (sulfide) groups is 1. The lowest BCUT2D eigenvalue weighted by atomic mass is 10.3. The van der Waals surface area contributed by atoms with Gasteiger partial charge in [0, 0.05) is 6.04 Å². The number of nitrogens with zero attached hydrogens (tertiary/aromatic N) is 2. The molecule has 1 N–H and O–H groups in total. The second kappa shape index (κ2) is 3.13. The van der Waals surface area contributed by atoms with Crippen LogP contribution in [0.1, 0.15) is 13.8 Å². The molecule has 0 radical (unpaired) electrons. The van der Waals surface area contributed by atoms with E-state index in [9.17, 15) is 4.79 Å². The largest absolute Gasteiger partial charge is 0.409 e. The fraction of sp³-hybridized carbons (Fsp3) is 0.667. The molecule has 1 saturated heterocycles. The SMILES string of the molecule is CC(C)N1C(=O)CS/C1=N\O. The molecule has 0 aliphatic carbocycles. The Kier molecular flexibility index (Phi) is 2.38. The molecule has 0 saturated carbocycles. The zero-order chi connectivity index (χ0) is 8.43. The van der Waals surface area contributed by atoms with Gasteiger partial charge in [-0.3, -0.25) is 9.69 Å². The van der Waals surface area contributed by atoms with Gasteiger partial charge in [0.05, 0.1) is 5.75 Å². The predicted molar refractivity (Wildman–Crippen MR) is 43.7 cm³/mol. The minimum absolute atomic E-state index is 0.0119. The van der Waals surface area contributed by atoms with Crippen molar-refractivity contribution in [3.8, 4) is 0 Å². The van der Waals surface area contributed by atoms with Gasteiger partial charge < -0.3 is 5.21 Å². The van der Waals surface area contributed by atoms with E-state index in [4.69, 9.17) is 5.21 Å². The van der Waals surface area contributed by atoms with Crippen LogP contribution in [0.3, 0.4) is 0 Å². The van der Waals surface area contributed by atoms with Gasteiger partial charge in [-0.1, -0.05) is 16.9 Å². The van der Waals surface area contributed by atoms with E-state index >= 15 is 0 Å². The first-order chi connectivity index (χ1) is 5.16. The van der Waals surface area contributed by atoms with Crippen LogP contribution in [0.2, 0.25) is 0 Å². The van der Waals surface area contributed by atoms with Crippen LogP contribution in [-0.2, 0) is 4.79 Å². The maximum absolute atomic E-state index is 11.1. The van der Waals surface area contributed by atoms with Crippen LogP contribution in [0.25, 0.3) is 0 Å². The van der Waals surface area contributed by atoms with Crippen LogP contribution in [0.5, 0.6) is 0 Å². The van der Waals surface area contributed by atoms with E-state index < -0.39 is 0 Å². The van der Waals surface area contributed by atoms with Crippen LogP contribution in [-0.4, -0.2) is 33.0 Å². The third kappa shape index (κ3) is 1.48. The molecular formula is C6H10N2O2S. The Balaban J connectivity index is 2.80. The van der Waals surface area contributed by atoms with Crippen molar-refractivity contribution in [3.63, 3.8) is 0 Å². The van der Waals surface area contributed by atoms with E-state index in [-0.39, 0.29) is 11.9 Å². The smallest absolute Gasteiger partial charge is 0.239 e.